The molecule has 1 saturated heterocycles. The van der Waals surface area contributed by atoms with Gasteiger partial charge >= 0.3 is 0 Å². The van der Waals surface area contributed by atoms with Crippen molar-refractivity contribution in [3.05, 3.63) is 40.5 Å². The van der Waals surface area contributed by atoms with Crippen LogP contribution in [0.15, 0.2) is 40.5 Å². The first-order chi connectivity index (χ1) is 8.08. The van der Waals surface area contributed by atoms with Crippen LogP contribution in [0.25, 0.3) is 0 Å². The number of amides is 1. The molecule has 3 nitrogen and oxygen atoms in total. The Balaban J connectivity index is 2.20. The topological polar surface area (TPSA) is 23.6 Å². The van der Waals surface area contributed by atoms with Crippen LogP contribution in [0.1, 0.15) is 6.42 Å². The Morgan fingerprint density at radius 1 is 1.29 bits per heavy atom. The molecule has 17 heavy (non-hydrogen) atoms. The van der Waals surface area contributed by atoms with Gasteiger partial charge in [-0.3, -0.25) is 4.79 Å². The third-order valence-corrected chi connectivity index (χ3v) is 3.21. The fourth-order valence-corrected chi connectivity index (χ4v) is 2.18. The molecule has 0 unspecified atom stereocenters. The molecule has 0 saturated carbocycles. The highest BCUT2D eigenvalue weighted by molar-refractivity contribution is 9.10. The number of rotatable bonds is 2. The summed E-state index contributed by atoms with van der Waals surface area (Å²) in [5, 5.41) is 0. The Labute approximate surface area is 110 Å². The van der Waals surface area contributed by atoms with E-state index in [9.17, 15) is 4.79 Å². The van der Waals surface area contributed by atoms with Crippen molar-refractivity contribution >= 4 is 27.5 Å². The Hall–Kier alpha value is -1.29. The smallest absolute Gasteiger partial charge is 0.255 e. The molecule has 1 heterocycles. The van der Waals surface area contributed by atoms with E-state index in [1.165, 1.54) is 0 Å². The quantitative estimate of drug-likeness (QED) is 0.783. The van der Waals surface area contributed by atoms with Crippen LogP contribution in [-0.2, 0) is 4.79 Å². The lowest BCUT2D eigenvalue weighted by atomic mass is 10.2. The second kappa shape index (κ2) is 4.92. The molecule has 1 aliphatic rings. The molecule has 1 amide bonds. The van der Waals surface area contributed by atoms with Gasteiger partial charge in [0.15, 0.2) is 0 Å². The molecule has 90 valence electrons. The van der Waals surface area contributed by atoms with E-state index < -0.39 is 0 Å². The van der Waals surface area contributed by atoms with Crippen molar-refractivity contribution in [1.82, 2.24) is 4.90 Å². The summed E-state index contributed by atoms with van der Waals surface area (Å²) in [5.74, 6) is 0.112. The minimum absolute atomic E-state index is 0.112. The van der Waals surface area contributed by atoms with Gasteiger partial charge in [-0.05, 0) is 30.7 Å². The number of nitrogens with zero attached hydrogens (tertiary/aromatic N) is 2. The van der Waals surface area contributed by atoms with Crippen molar-refractivity contribution in [3.63, 3.8) is 0 Å². The number of hydrogen-bond donors (Lipinski definition) is 0. The van der Waals surface area contributed by atoms with E-state index >= 15 is 0 Å². The molecular weight excluding hydrogens is 280 g/mol. The maximum atomic E-state index is 12.1. The van der Waals surface area contributed by atoms with Crippen LogP contribution in [0.4, 0.5) is 5.69 Å². The second-order valence-corrected chi connectivity index (χ2v) is 5.22. The minimum atomic E-state index is 0.112. The molecule has 4 heteroatoms. The first-order valence-electron chi connectivity index (χ1n) is 5.52. The molecule has 0 N–H and O–H groups in total. The third-order valence-electron chi connectivity index (χ3n) is 2.68. The largest absolute Gasteiger partial charge is 0.383 e. The van der Waals surface area contributed by atoms with Crippen LogP contribution in [0.3, 0.4) is 0 Å². The van der Waals surface area contributed by atoms with Gasteiger partial charge in [0.25, 0.3) is 5.91 Å². The van der Waals surface area contributed by atoms with Gasteiger partial charge < -0.3 is 9.80 Å². The average molecular weight is 295 g/mol. The highest BCUT2D eigenvalue weighted by atomic mass is 79.9. The van der Waals surface area contributed by atoms with Gasteiger partial charge in [0, 0.05) is 42.6 Å². The molecule has 1 aliphatic heterocycles. The molecule has 1 aromatic carbocycles. The number of anilines is 1. The van der Waals surface area contributed by atoms with E-state index in [2.05, 4.69) is 15.9 Å². The number of benzene rings is 1. The van der Waals surface area contributed by atoms with Gasteiger partial charge in [0.2, 0.25) is 0 Å². The van der Waals surface area contributed by atoms with Crippen LogP contribution >= 0.6 is 15.9 Å². The zero-order valence-electron chi connectivity index (χ0n) is 9.98. The normalized spacial score (nSPS) is 17.9. The summed E-state index contributed by atoms with van der Waals surface area (Å²) < 4.78 is 1.02. The fourth-order valence-electron chi connectivity index (χ4n) is 1.91. The number of carbonyl (C=O) groups is 1. The maximum Gasteiger partial charge on any atom is 0.255 e. The summed E-state index contributed by atoms with van der Waals surface area (Å²) in [5.41, 5.74) is 1.83. The summed E-state index contributed by atoms with van der Waals surface area (Å²) >= 11 is 3.39. The summed E-state index contributed by atoms with van der Waals surface area (Å²) in [6, 6.07) is 7.83. The number of halogens is 1. The molecule has 0 aromatic heterocycles. The monoisotopic (exact) mass is 294 g/mol. The van der Waals surface area contributed by atoms with Crippen molar-refractivity contribution in [1.29, 1.82) is 0 Å². The highest BCUT2D eigenvalue weighted by Crippen LogP contribution is 2.26. The Kier molecular flexibility index (Phi) is 3.52. The Morgan fingerprint density at radius 3 is 2.53 bits per heavy atom. The lowest BCUT2D eigenvalue weighted by Crippen LogP contribution is -2.24. The van der Waals surface area contributed by atoms with E-state index in [0.717, 1.165) is 28.7 Å². The zero-order valence-corrected chi connectivity index (χ0v) is 11.6. The molecule has 0 atom stereocenters. The van der Waals surface area contributed by atoms with E-state index in [1.54, 1.807) is 0 Å². The van der Waals surface area contributed by atoms with Gasteiger partial charge in [0.05, 0.1) is 0 Å². The predicted molar refractivity (Wildman–Crippen MR) is 72.9 cm³/mol. The van der Waals surface area contributed by atoms with E-state index in [1.807, 2.05) is 54.4 Å². The second-order valence-electron chi connectivity index (χ2n) is 4.30. The van der Waals surface area contributed by atoms with Crippen molar-refractivity contribution in [2.75, 3.05) is 25.5 Å². The van der Waals surface area contributed by atoms with Crippen molar-refractivity contribution in [2.24, 2.45) is 0 Å². The van der Waals surface area contributed by atoms with E-state index in [4.69, 9.17) is 0 Å². The predicted octanol–water partition coefficient (Wildman–Crippen LogP) is 2.63. The first kappa shape index (κ1) is 12.2. The molecule has 2 rings (SSSR count). The van der Waals surface area contributed by atoms with Gasteiger partial charge in [0.1, 0.15) is 0 Å². The molecule has 0 spiro atoms. The zero-order chi connectivity index (χ0) is 12.4. The molecule has 1 aromatic rings. The Bertz CT molecular complexity index is 451. The fraction of sp³-hybridized carbons (Fsp3) is 0.308. The standard InChI is InChI=1S/C13H15BrN2O/c1-15(2)9-10-7-8-16(13(10)17)12-5-3-11(14)4-6-12/h3-6,9H,7-8H2,1-2H3/b10-9-. The van der Waals surface area contributed by atoms with Gasteiger partial charge in [-0.15, -0.1) is 0 Å². The molecular formula is C13H15BrN2O. The molecule has 0 radical (unpaired) electrons. The van der Waals surface area contributed by atoms with Crippen molar-refractivity contribution in [3.8, 4) is 0 Å². The van der Waals surface area contributed by atoms with Crippen LogP contribution < -0.4 is 4.90 Å². The van der Waals surface area contributed by atoms with Crippen molar-refractivity contribution < 1.29 is 4.79 Å². The molecule has 1 fully saturated rings. The summed E-state index contributed by atoms with van der Waals surface area (Å²) in [7, 11) is 3.87. The molecule has 0 aliphatic carbocycles. The first-order valence-corrected chi connectivity index (χ1v) is 6.32. The van der Waals surface area contributed by atoms with Crippen molar-refractivity contribution in [2.45, 2.75) is 6.42 Å². The Morgan fingerprint density at radius 2 is 1.94 bits per heavy atom. The van der Waals surface area contributed by atoms with Gasteiger partial charge in [-0.2, -0.15) is 0 Å². The summed E-state index contributed by atoms with van der Waals surface area (Å²) in [4.78, 5) is 15.9. The third kappa shape index (κ3) is 2.69. The lowest BCUT2D eigenvalue weighted by molar-refractivity contribution is -0.114. The summed E-state index contributed by atoms with van der Waals surface area (Å²) in [6.07, 6.45) is 2.72. The highest BCUT2D eigenvalue weighted by Gasteiger charge is 2.27. The van der Waals surface area contributed by atoms with Crippen LogP contribution in [0.5, 0.6) is 0 Å². The lowest BCUT2D eigenvalue weighted by Gasteiger charge is -2.15. The minimum Gasteiger partial charge on any atom is -0.383 e. The van der Waals surface area contributed by atoms with Crippen LogP contribution in [0, 0.1) is 0 Å². The number of hydrogen-bond acceptors (Lipinski definition) is 2. The SMILES string of the molecule is CN(C)/C=C1/CCN(c2ccc(Br)cc2)C1=O. The van der Waals surface area contributed by atoms with Crippen LogP contribution in [0.2, 0.25) is 0 Å². The van der Waals surface area contributed by atoms with Gasteiger partial charge in [-0.25, -0.2) is 0 Å². The average Bonchev–Trinajstić information content (AvgIpc) is 2.61. The van der Waals surface area contributed by atoms with E-state index in [-0.39, 0.29) is 5.91 Å². The van der Waals surface area contributed by atoms with E-state index in [0.29, 0.717) is 0 Å². The van der Waals surface area contributed by atoms with Gasteiger partial charge in [-0.1, -0.05) is 15.9 Å². The summed E-state index contributed by atoms with van der Waals surface area (Å²) in [6.45, 7) is 0.764. The maximum absolute atomic E-state index is 12.1. The van der Waals surface area contributed by atoms with Crippen LogP contribution in [-0.4, -0.2) is 31.4 Å². The number of carbonyl (C=O) groups excluding carboxylic acids is 1. The molecule has 0 bridgehead atoms.